The van der Waals surface area contributed by atoms with Crippen molar-refractivity contribution < 1.29 is 4.79 Å². The molecular weight excluding hydrogens is 198 g/mol. The van der Waals surface area contributed by atoms with Crippen LogP contribution in [0.2, 0.25) is 0 Å². The summed E-state index contributed by atoms with van der Waals surface area (Å²) in [6.07, 6.45) is 2.12. The zero-order valence-corrected chi connectivity index (χ0v) is 10.0. The minimum Gasteiger partial charge on any atom is -0.339 e. The molecule has 1 aromatic rings. The summed E-state index contributed by atoms with van der Waals surface area (Å²) in [6.45, 7) is 4.82. The van der Waals surface area contributed by atoms with Crippen LogP contribution in [-0.4, -0.2) is 23.4 Å². The van der Waals surface area contributed by atoms with Crippen molar-refractivity contribution in [1.82, 2.24) is 4.90 Å². The predicted octanol–water partition coefficient (Wildman–Crippen LogP) is 2.49. The number of hydrogen-bond donors (Lipinski definition) is 0. The summed E-state index contributed by atoms with van der Waals surface area (Å²) in [7, 11) is 0. The highest BCUT2D eigenvalue weighted by atomic mass is 16.2. The summed E-state index contributed by atoms with van der Waals surface area (Å²) in [4.78, 5) is 13.5. The van der Waals surface area contributed by atoms with E-state index in [0.717, 1.165) is 19.4 Å². The zero-order chi connectivity index (χ0) is 11.5. The van der Waals surface area contributed by atoms with Crippen molar-refractivity contribution in [2.75, 3.05) is 6.54 Å². The molecular formula is C14H19NO. The lowest BCUT2D eigenvalue weighted by molar-refractivity contribution is -0.129. The van der Waals surface area contributed by atoms with E-state index in [0.29, 0.717) is 12.0 Å². The number of hydrogen-bond acceptors (Lipinski definition) is 1. The van der Waals surface area contributed by atoms with Crippen molar-refractivity contribution in [1.29, 1.82) is 0 Å². The Balaban J connectivity index is 2.06. The summed E-state index contributed by atoms with van der Waals surface area (Å²) in [6, 6.07) is 10.8. The molecule has 2 rings (SSSR count). The molecule has 0 N–H and O–H groups in total. The third-order valence-corrected chi connectivity index (χ3v) is 3.34. The summed E-state index contributed by atoms with van der Waals surface area (Å²) in [5.74, 6) is 0.850. The number of benzene rings is 1. The number of amides is 1. The smallest absolute Gasteiger partial charge is 0.219 e. The molecule has 1 aromatic carbocycles. The SMILES string of the molecule is CC(=O)N1C[C@@H](C)C[C@H]1Cc1ccccc1. The maximum Gasteiger partial charge on any atom is 0.219 e. The first kappa shape index (κ1) is 11.2. The van der Waals surface area contributed by atoms with Crippen molar-refractivity contribution in [3.63, 3.8) is 0 Å². The van der Waals surface area contributed by atoms with Crippen molar-refractivity contribution >= 4 is 5.91 Å². The van der Waals surface area contributed by atoms with Crippen molar-refractivity contribution in [2.45, 2.75) is 32.7 Å². The molecule has 0 aromatic heterocycles. The molecule has 0 aliphatic carbocycles. The van der Waals surface area contributed by atoms with E-state index in [9.17, 15) is 4.79 Å². The summed E-state index contributed by atoms with van der Waals surface area (Å²) in [5, 5.41) is 0. The number of carbonyl (C=O) groups excluding carboxylic acids is 1. The summed E-state index contributed by atoms with van der Waals surface area (Å²) in [5.41, 5.74) is 1.33. The molecule has 0 unspecified atom stereocenters. The highest BCUT2D eigenvalue weighted by molar-refractivity contribution is 5.74. The van der Waals surface area contributed by atoms with E-state index >= 15 is 0 Å². The van der Waals surface area contributed by atoms with Crippen LogP contribution in [0.25, 0.3) is 0 Å². The molecule has 0 saturated carbocycles. The topological polar surface area (TPSA) is 20.3 Å². The van der Waals surface area contributed by atoms with Crippen molar-refractivity contribution in [3.8, 4) is 0 Å². The van der Waals surface area contributed by atoms with E-state index in [1.807, 2.05) is 11.0 Å². The average Bonchev–Trinajstić information content (AvgIpc) is 2.61. The van der Waals surface area contributed by atoms with Gasteiger partial charge >= 0.3 is 0 Å². The molecule has 0 radical (unpaired) electrons. The molecule has 0 bridgehead atoms. The normalized spacial score (nSPS) is 24.8. The standard InChI is InChI=1S/C14H19NO/c1-11-8-14(15(10-11)12(2)16)9-13-6-4-3-5-7-13/h3-7,11,14H,8-10H2,1-2H3/t11-,14-/m0/s1. The maximum atomic E-state index is 11.5. The fourth-order valence-electron chi connectivity index (χ4n) is 2.62. The van der Waals surface area contributed by atoms with Crippen LogP contribution in [0, 0.1) is 5.92 Å². The van der Waals surface area contributed by atoms with Gasteiger partial charge in [-0.1, -0.05) is 37.3 Å². The van der Waals surface area contributed by atoms with Gasteiger partial charge in [0.1, 0.15) is 0 Å². The Labute approximate surface area is 97.3 Å². The number of rotatable bonds is 2. The first-order chi connectivity index (χ1) is 7.66. The summed E-state index contributed by atoms with van der Waals surface area (Å²) >= 11 is 0. The van der Waals surface area contributed by atoms with Crippen LogP contribution in [0.3, 0.4) is 0 Å². The van der Waals surface area contributed by atoms with Gasteiger partial charge in [-0.2, -0.15) is 0 Å². The monoisotopic (exact) mass is 217 g/mol. The molecule has 1 saturated heterocycles. The molecule has 86 valence electrons. The van der Waals surface area contributed by atoms with Gasteiger partial charge in [-0.25, -0.2) is 0 Å². The van der Waals surface area contributed by atoms with Crippen molar-refractivity contribution in [2.24, 2.45) is 5.92 Å². The molecule has 1 aliphatic heterocycles. The first-order valence-electron chi connectivity index (χ1n) is 5.98. The molecule has 1 amide bonds. The van der Waals surface area contributed by atoms with Crippen LogP contribution in [0.15, 0.2) is 30.3 Å². The Hall–Kier alpha value is -1.31. The van der Waals surface area contributed by atoms with E-state index in [1.165, 1.54) is 5.56 Å². The molecule has 2 atom stereocenters. The molecule has 1 fully saturated rings. The molecule has 16 heavy (non-hydrogen) atoms. The number of carbonyl (C=O) groups is 1. The zero-order valence-electron chi connectivity index (χ0n) is 10.0. The average molecular weight is 217 g/mol. The van der Waals surface area contributed by atoms with E-state index in [-0.39, 0.29) is 5.91 Å². The fourth-order valence-corrected chi connectivity index (χ4v) is 2.62. The third kappa shape index (κ3) is 2.43. The van der Waals surface area contributed by atoms with Gasteiger partial charge in [-0.05, 0) is 24.3 Å². The van der Waals surface area contributed by atoms with E-state index in [2.05, 4.69) is 31.2 Å². The van der Waals surface area contributed by atoms with Gasteiger partial charge in [0, 0.05) is 19.5 Å². The largest absolute Gasteiger partial charge is 0.339 e. The van der Waals surface area contributed by atoms with Gasteiger partial charge in [0.2, 0.25) is 5.91 Å². The van der Waals surface area contributed by atoms with Crippen LogP contribution >= 0.6 is 0 Å². The van der Waals surface area contributed by atoms with Gasteiger partial charge in [0.05, 0.1) is 0 Å². The quantitative estimate of drug-likeness (QED) is 0.745. The fraction of sp³-hybridized carbons (Fsp3) is 0.500. The van der Waals surface area contributed by atoms with Crippen LogP contribution in [0.1, 0.15) is 25.8 Å². The molecule has 2 heteroatoms. The Kier molecular flexibility index (Phi) is 3.28. The Bertz CT molecular complexity index is 360. The van der Waals surface area contributed by atoms with E-state index < -0.39 is 0 Å². The van der Waals surface area contributed by atoms with E-state index in [1.54, 1.807) is 6.92 Å². The van der Waals surface area contributed by atoms with Crippen LogP contribution in [0.5, 0.6) is 0 Å². The lowest BCUT2D eigenvalue weighted by Gasteiger charge is -2.23. The maximum absolute atomic E-state index is 11.5. The molecule has 1 heterocycles. The Morgan fingerprint density at radius 1 is 1.38 bits per heavy atom. The Morgan fingerprint density at radius 2 is 2.06 bits per heavy atom. The second-order valence-corrected chi connectivity index (χ2v) is 4.86. The third-order valence-electron chi connectivity index (χ3n) is 3.34. The second kappa shape index (κ2) is 4.69. The molecule has 0 spiro atoms. The van der Waals surface area contributed by atoms with Gasteiger partial charge in [-0.15, -0.1) is 0 Å². The number of likely N-dealkylation sites (tertiary alicyclic amines) is 1. The highest BCUT2D eigenvalue weighted by Crippen LogP contribution is 2.25. The minimum absolute atomic E-state index is 0.213. The summed E-state index contributed by atoms with van der Waals surface area (Å²) < 4.78 is 0. The first-order valence-corrected chi connectivity index (χ1v) is 5.98. The van der Waals surface area contributed by atoms with Gasteiger partial charge in [0.15, 0.2) is 0 Å². The van der Waals surface area contributed by atoms with Crippen LogP contribution in [-0.2, 0) is 11.2 Å². The lowest BCUT2D eigenvalue weighted by Crippen LogP contribution is -2.35. The Morgan fingerprint density at radius 3 is 2.69 bits per heavy atom. The molecule has 1 aliphatic rings. The van der Waals surface area contributed by atoms with E-state index in [4.69, 9.17) is 0 Å². The molecule has 2 nitrogen and oxygen atoms in total. The number of nitrogens with zero attached hydrogens (tertiary/aromatic N) is 1. The van der Waals surface area contributed by atoms with Gasteiger partial charge in [0.25, 0.3) is 0 Å². The minimum atomic E-state index is 0.213. The second-order valence-electron chi connectivity index (χ2n) is 4.86. The van der Waals surface area contributed by atoms with Crippen LogP contribution < -0.4 is 0 Å². The van der Waals surface area contributed by atoms with Gasteiger partial charge < -0.3 is 4.90 Å². The highest BCUT2D eigenvalue weighted by Gasteiger charge is 2.30. The predicted molar refractivity (Wildman–Crippen MR) is 65.1 cm³/mol. The van der Waals surface area contributed by atoms with Crippen molar-refractivity contribution in [3.05, 3.63) is 35.9 Å². The van der Waals surface area contributed by atoms with Crippen LogP contribution in [0.4, 0.5) is 0 Å². The lowest BCUT2D eigenvalue weighted by atomic mass is 10.0. The van der Waals surface area contributed by atoms with Gasteiger partial charge in [-0.3, -0.25) is 4.79 Å².